The normalized spacial score (nSPS) is 33.7. The standard InChI is InChI=1S/C64H80N6O7/c1-10-34-21-33-29-64(63(73)77-9)59-39(19-20-70(30-33)60(34)64)44-28-54(74-6)45(25-51(44)67-59)46-24-41-36(12-3)32-69(5)53(56(41)62(72)76-8)27-48-43-22-37(17-18-50(43)66-58(46)48)42-23-40-35(11-2)31-68(4)52(55(40)61(71)75-7)26-47-38-15-13-14-16-49(38)65-57(42)47/h13-18,22,25,28,33-36,40-42,46,52-53,55-56,60,65-67H,10-12,19-21,23-24,26-27,29-32H2,1-9H3/t33-,34+,35-,36-,40+,41+,42-,46-,52+,53+,55?,56?,60+,64-/m1/s1. The number of aromatic nitrogens is 3. The quantitative estimate of drug-likeness (QED) is 0.0946. The number of likely N-dealkylation sites (N-methyl/N-ethyl adjacent to an activating group) is 2. The number of ether oxygens (including phenoxy) is 4. The maximum absolute atomic E-state index is 14.6. The Labute approximate surface area is 453 Å². The molecule has 3 unspecified atom stereocenters. The molecule has 13 nitrogen and oxygen atoms in total. The van der Waals surface area contributed by atoms with Gasteiger partial charge in [-0.05, 0) is 147 Å². The molecule has 0 spiro atoms. The molecule has 77 heavy (non-hydrogen) atoms. The number of H-pyrrole nitrogens is 3. The maximum Gasteiger partial charge on any atom is 0.319 e. The van der Waals surface area contributed by atoms with E-state index in [2.05, 4.69) is 119 Å². The number of piperidine rings is 4. The van der Waals surface area contributed by atoms with E-state index in [0.29, 0.717) is 24.2 Å². The van der Waals surface area contributed by atoms with Crippen molar-refractivity contribution in [3.63, 3.8) is 0 Å². The largest absolute Gasteiger partial charge is 0.496 e. The number of carbonyl (C=O) groups excluding carboxylic acids is 3. The zero-order chi connectivity index (χ0) is 53.3. The minimum Gasteiger partial charge on any atom is -0.496 e. The van der Waals surface area contributed by atoms with Crippen molar-refractivity contribution in [1.29, 1.82) is 0 Å². The highest BCUT2D eigenvalue weighted by molar-refractivity contribution is 5.94. The highest BCUT2D eigenvalue weighted by Crippen LogP contribution is 2.57. The molecule has 0 radical (unpaired) electrons. The van der Waals surface area contributed by atoms with Gasteiger partial charge >= 0.3 is 17.9 Å². The Bertz CT molecular complexity index is 3300. The summed E-state index contributed by atoms with van der Waals surface area (Å²) in [6.07, 6.45) is 8.70. The van der Waals surface area contributed by atoms with Gasteiger partial charge in [-0.2, -0.15) is 0 Å². The highest BCUT2D eigenvalue weighted by atomic mass is 16.5. The molecule has 1 saturated carbocycles. The van der Waals surface area contributed by atoms with Crippen molar-refractivity contribution < 1.29 is 33.3 Å². The van der Waals surface area contributed by atoms with Crippen molar-refractivity contribution in [3.8, 4) is 5.75 Å². The summed E-state index contributed by atoms with van der Waals surface area (Å²) in [5, 5.41) is 3.49. The lowest BCUT2D eigenvalue weighted by atomic mass is 9.56. The smallest absolute Gasteiger partial charge is 0.319 e. The van der Waals surface area contributed by atoms with E-state index in [4.69, 9.17) is 18.9 Å². The number of hydrogen-bond donors (Lipinski definition) is 3. The first-order valence-electron chi connectivity index (χ1n) is 29.2. The van der Waals surface area contributed by atoms with Gasteiger partial charge in [-0.3, -0.25) is 19.3 Å². The number of nitrogens with zero attached hydrogens (tertiary/aromatic N) is 3. The molecule has 3 aromatic heterocycles. The SMILES string of the molecule is CC[C@@H]1CN(C)[C@H]2Cc3c([nH]c4ccccc34)[C@@H](c3ccc4[nH]c5c(c4c3)C[C@H]3C(C(=O)OC)[C@@H](C[C@@H]5c4cc5[nH]c6c(c5cc4OC)CCN4C[C@@H]5C[C@H](CC)[C@H]4[C@@]6(C(=O)OC)C5)[C@H](CC)CN3C)C[C@@H]1C2C(=O)OC. The number of benzene rings is 3. The fourth-order valence-corrected chi connectivity index (χ4v) is 18.4. The van der Waals surface area contributed by atoms with E-state index in [9.17, 15) is 14.4 Å². The monoisotopic (exact) mass is 1040 g/mol. The number of rotatable bonds is 9. The van der Waals surface area contributed by atoms with Crippen LogP contribution in [0.2, 0.25) is 0 Å². The number of hydrogen-bond acceptors (Lipinski definition) is 10. The summed E-state index contributed by atoms with van der Waals surface area (Å²) < 4.78 is 24.0. The van der Waals surface area contributed by atoms with Gasteiger partial charge in [0.2, 0.25) is 0 Å². The van der Waals surface area contributed by atoms with Crippen LogP contribution in [-0.2, 0) is 53.3 Å². The van der Waals surface area contributed by atoms with Crippen molar-refractivity contribution >= 4 is 50.6 Å². The molecule has 6 aromatic rings. The molecule has 408 valence electrons. The van der Waals surface area contributed by atoms with E-state index in [1.54, 1.807) is 28.4 Å². The molecule has 13 heteroatoms. The lowest BCUT2D eigenvalue weighted by Gasteiger charge is -2.57. The summed E-state index contributed by atoms with van der Waals surface area (Å²) in [4.78, 5) is 62.9. The van der Waals surface area contributed by atoms with Gasteiger partial charge in [-0.1, -0.05) is 64.3 Å². The minimum atomic E-state index is -0.779. The van der Waals surface area contributed by atoms with Crippen LogP contribution in [-0.4, -0.2) is 134 Å². The van der Waals surface area contributed by atoms with Crippen LogP contribution >= 0.6 is 0 Å². The van der Waals surface area contributed by atoms with Crippen molar-refractivity contribution in [1.82, 2.24) is 29.7 Å². The number of aromatic amines is 3. The van der Waals surface area contributed by atoms with Crippen molar-refractivity contribution in [3.05, 3.63) is 99.5 Å². The van der Waals surface area contributed by atoms with E-state index < -0.39 is 5.41 Å². The Kier molecular flexibility index (Phi) is 12.8. The fraction of sp³-hybridized carbons (Fsp3) is 0.578. The number of likely N-dealkylation sites (tertiary alicyclic amines) is 2. The van der Waals surface area contributed by atoms with Crippen LogP contribution in [0.15, 0.2) is 54.6 Å². The lowest BCUT2D eigenvalue weighted by Crippen LogP contribution is -2.67. The lowest BCUT2D eigenvalue weighted by molar-refractivity contribution is -0.162. The van der Waals surface area contributed by atoms with Gasteiger partial charge < -0.3 is 43.7 Å². The van der Waals surface area contributed by atoms with Crippen LogP contribution < -0.4 is 4.74 Å². The summed E-state index contributed by atoms with van der Waals surface area (Å²) in [5.41, 5.74) is 11.9. The first-order valence-corrected chi connectivity index (χ1v) is 29.2. The number of carbonyl (C=O) groups is 3. The third kappa shape index (κ3) is 7.58. The molecule has 8 heterocycles. The van der Waals surface area contributed by atoms with Gasteiger partial charge in [0.25, 0.3) is 0 Å². The molecule has 8 bridgehead atoms. The molecule has 3 aromatic carbocycles. The Morgan fingerprint density at radius 3 is 1.88 bits per heavy atom. The van der Waals surface area contributed by atoms with Crippen LogP contribution in [0, 0.1) is 47.3 Å². The first-order chi connectivity index (χ1) is 37.4. The van der Waals surface area contributed by atoms with Gasteiger partial charge in [0.15, 0.2) is 0 Å². The number of esters is 3. The molecule has 0 amide bonds. The second-order valence-electron chi connectivity index (χ2n) is 24.9. The minimum absolute atomic E-state index is 0.0138. The Morgan fingerprint density at radius 2 is 1.25 bits per heavy atom. The molecule has 8 aliphatic rings. The molecule has 14 rings (SSSR count). The zero-order valence-corrected chi connectivity index (χ0v) is 46.8. The molecule has 3 N–H and O–H groups in total. The van der Waals surface area contributed by atoms with Crippen LogP contribution in [0.4, 0.5) is 0 Å². The zero-order valence-electron chi connectivity index (χ0n) is 46.8. The van der Waals surface area contributed by atoms with Crippen LogP contribution in [0.5, 0.6) is 5.75 Å². The summed E-state index contributed by atoms with van der Waals surface area (Å²) in [6, 6.07) is 20.4. The van der Waals surface area contributed by atoms with Crippen molar-refractivity contribution in [2.45, 2.75) is 120 Å². The molecule has 5 aliphatic heterocycles. The first kappa shape index (κ1) is 50.8. The van der Waals surface area contributed by atoms with Gasteiger partial charge in [0, 0.05) is 111 Å². The maximum atomic E-state index is 14.6. The molecular weight excluding hydrogens is 965 g/mol. The van der Waals surface area contributed by atoms with Gasteiger partial charge in [0.1, 0.15) is 11.2 Å². The van der Waals surface area contributed by atoms with Crippen LogP contribution in [0.25, 0.3) is 32.7 Å². The summed E-state index contributed by atoms with van der Waals surface area (Å²) >= 11 is 0. The van der Waals surface area contributed by atoms with E-state index in [1.165, 1.54) is 44.4 Å². The number of para-hydroxylation sites is 1. The number of nitrogens with one attached hydrogen (secondary N) is 3. The molecule has 5 fully saturated rings. The molecular formula is C64H80N6O7. The average Bonchev–Trinajstić information content (AvgIpc) is 4.34. The Balaban J connectivity index is 1.01. The van der Waals surface area contributed by atoms with E-state index >= 15 is 0 Å². The topological polar surface area (TPSA) is 145 Å². The highest BCUT2D eigenvalue weighted by Gasteiger charge is 2.63. The van der Waals surface area contributed by atoms with Crippen molar-refractivity contribution in [2.75, 3.05) is 68.7 Å². The van der Waals surface area contributed by atoms with Crippen molar-refractivity contribution in [2.24, 2.45) is 47.3 Å². The number of methoxy groups -OCH3 is 4. The Hall–Kier alpha value is -5.63. The number of fused-ring (bicyclic) bond motifs is 14. The van der Waals surface area contributed by atoms with E-state index in [0.717, 1.165) is 123 Å². The molecule has 3 aliphatic carbocycles. The van der Waals surface area contributed by atoms with Crippen LogP contribution in [0.3, 0.4) is 0 Å². The van der Waals surface area contributed by atoms with Gasteiger partial charge in [0.05, 0.1) is 40.3 Å². The van der Waals surface area contributed by atoms with Gasteiger partial charge in [-0.15, -0.1) is 0 Å². The van der Waals surface area contributed by atoms with E-state index in [-0.39, 0.29) is 77.5 Å². The predicted molar refractivity (Wildman–Crippen MR) is 299 cm³/mol. The molecule has 15 atom stereocenters. The fourth-order valence-electron chi connectivity index (χ4n) is 18.4. The summed E-state index contributed by atoms with van der Waals surface area (Å²) in [5.74, 6) is 1.30. The summed E-state index contributed by atoms with van der Waals surface area (Å²) in [6.45, 7) is 10.6. The predicted octanol–water partition coefficient (Wildman–Crippen LogP) is 9.87. The third-order valence-corrected chi connectivity index (χ3v) is 21.8. The second-order valence-corrected chi connectivity index (χ2v) is 24.9. The second kappa shape index (κ2) is 19.3. The Morgan fingerprint density at radius 1 is 0.636 bits per heavy atom. The third-order valence-electron chi connectivity index (χ3n) is 21.8. The average molecular weight is 1050 g/mol. The van der Waals surface area contributed by atoms with Gasteiger partial charge in [-0.25, -0.2) is 0 Å². The molecule has 4 saturated heterocycles. The summed E-state index contributed by atoms with van der Waals surface area (Å²) in [7, 11) is 10.9. The van der Waals surface area contributed by atoms with E-state index in [1.807, 2.05) is 0 Å². The van der Waals surface area contributed by atoms with Crippen LogP contribution in [0.1, 0.15) is 122 Å².